The van der Waals surface area contributed by atoms with Gasteiger partial charge in [0.15, 0.2) is 0 Å². The van der Waals surface area contributed by atoms with E-state index in [0.29, 0.717) is 17.2 Å². The number of phenolic OH excluding ortho intramolecular Hbond substituents is 1. The van der Waals surface area contributed by atoms with E-state index in [1.54, 1.807) is 13.8 Å². The molecule has 0 heterocycles. The lowest BCUT2D eigenvalue weighted by molar-refractivity contribution is -0.385. The Hall–Kier alpha value is -2.59. The SMILES string of the molecule is Cc1cc([N+](=O)[O-])c(C)cc1O.OB(O)c1cccc(C(F)(F)F)c1. The largest absolute Gasteiger partial charge is 0.508 e. The predicted molar refractivity (Wildman–Crippen MR) is 85.5 cm³/mol. The van der Waals surface area contributed by atoms with Crippen molar-refractivity contribution in [2.75, 3.05) is 0 Å². The maximum Gasteiger partial charge on any atom is 0.488 e. The Morgan fingerprint density at radius 3 is 2.16 bits per heavy atom. The summed E-state index contributed by atoms with van der Waals surface area (Å²) in [5.41, 5.74) is -0.0198. The summed E-state index contributed by atoms with van der Waals surface area (Å²) in [5, 5.41) is 36.8. The van der Waals surface area contributed by atoms with E-state index in [4.69, 9.17) is 10.0 Å². The highest BCUT2D eigenvalue weighted by Crippen LogP contribution is 2.28. The lowest BCUT2D eigenvalue weighted by Gasteiger charge is -2.07. The average Bonchev–Trinajstić information content (AvgIpc) is 2.50. The van der Waals surface area contributed by atoms with Gasteiger partial charge in [-0.15, -0.1) is 0 Å². The molecule has 0 spiro atoms. The van der Waals surface area contributed by atoms with Gasteiger partial charge in [-0.25, -0.2) is 0 Å². The fourth-order valence-corrected chi connectivity index (χ4v) is 1.86. The van der Waals surface area contributed by atoms with Gasteiger partial charge in [0.25, 0.3) is 5.69 Å². The molecule has 0 radical (unpaired) electrons. The van der Waals surface area contributed by atoms with Crippen LogP contribution < -0.4 is 5.46 Å². The van der Waals surface area contributed by atoms with Crippen molar-refractivity contribution in [1.82, 2.24) is 0 Å². The van der Waals surface area contributed by atoms with Gasteiger partial charge in [0.05, 0.1) is 10.5 Å². The predicted octanol–water partition coefficient (Wildman–Crippen LogP) is 2.30. The minimum absolute atomic E-state index is 0.0466. The molecule has 2 aromatic rings. The molecule has 6 nitrogen and oxygen atoms in total. The van der Waals surface area contributed by atoms with Gasteiger partial charge in [-0.1, -0.05) is 24.3 Å². The Morgan fingerprint density at radius 2 is 1.68 bits per heavy atom. The van der Waals surface area contributed by atoms with Crippen LogP contribution in [0.15, 0.2) is 36.4 Å². The van der Waals surface area contributed by atoms with Crippen LogP contribution in [0.2, 0.25) is 0 Å². The average molecular weight is 357 g/mol. The maximum absolute atomic E-state index is 12.1. The third-order valence-corrected chi connectivity index (χ3v) is 3.22. The van der Waals surface area contributed by atoms with Crippen LogP contribution in [0.1, 0.15) is 16.7 Å². The minimum Gasteiger partial charge on any atom is -0.508 e. The molecule has 0 fully saturated rings. The van der Waals surface area contributed by atoms with Crippen LogP contribution in [-0.2, 0) is 6.18 Å². The van der Waals surface area contributed by atoms with Crippen LogP contribution in [0.4, 0.5) is 18.9 Å². The number of phenols is 1. The molecule has 2 aromatic carbocycles. The van der Waals surface area contributed by atoms with Gasteiger partial charge in [0.1, 0.15) is 5.75 Å². The van der Waals surface area contributed by atoms with E-state index >= 15 is 0 Å². The fraction of sp³-hybridized carbons (Fsp3) is 0.200. The van der Waals surface area contributed by atoms with E-state index in [2.05, 4.69) is 0 Å². The topological polar surface area (TPSA) is 104 Å². The minimum atomic E-state index is -4.45. The van der Waals surface area contributed by atoms with Gasteiger partial charge in [-0.3, -0.25) is 10.1 Å². The van der Waals surface area contributed by atoms with Crippen molar-refractivity contribution in [1.29, 1.82) is 0 Å². The second-order valence-corrected chi connectivity index (χ2v) is 5.18. The summed E-state index contributed by atoms with van der Waals surface area (Å²) >= 11 is 0. The molecule has 0 amide bonds. The van der Waals surface area contributed by atoms with Gasteiger partial charge < -0.3 is 15.2 Å². The molecule has 10 heteroatoms. The van der Waals surface area contributed by atoms with Crippen LogP contribution >= 0.6 is 0 Å². The van der Waals surface area contributed by atoms with Crippen molar-refractivity contribution in [2.45, 2.75) is 20.0 Å². The lowest BCUT2D eigenvalue weighted by atomic mass is 9.79. The highest BCUT2D eigenvalue weighted by Gasteiger charge is 2.31. The van der Waals surface area contributed by atoms with E-state index in [1.807, 2.05) is 0 Å². The summed E-state index contributed by atoms with van der Waals surface area (Å²) in [6.45, 7) is 3.22. The first-order valence-corrected chi connectivity index (χ1v) is 6.91. The Bertz CT molecular complexity index is 765. The first-order chi connectivity index (χ1) is 11.4. The van der Waals surface area contributed by atoms with Gasteiger partial charge >= 0.3 is 13.3 Å². The number of benzene rings is 2. The van der Waals surface area contributed by atoms with Gasteiger partial charge in [0.2, 0.25) is 0 Å². The molecule has 134 valence electrons. The zero-order valence-corrected chi connectivity index (χ0v) is 13.3. The van der Waals surface area contributed by atoms with Gasteiger partial charge in [0, 0.05) is 11.6 Å². The highest BCUT2D eigenvalue weighted by atomic mass is 19.4. The van der Waals surface area contributed by atoms with Crippen LogP contribution in [-0.4, -0.2) is 27.2 Å². The van der Waals surface area contributed by atoms with Crippen molar-refractivity contribution in [3.63, 3.8) is 0 Å². The fourth-order valence-electron chi connectivity index (χ4n) is 1.86. The summed E-state index contributed by atoms with van der Waals surface area (Å²) < 4.78 is 36.2. The second kappa shape index (κ2) is 7.99. The monoisotopic (exact) mass is 357 g/mol. The highest BCUT2D eigenvalue weighted by molar-refractivity contribution is 6.58. The molecule has 0 aliphatic rings. The van der Waals surface area contributed by atoms with Crippen LogP contribution in [0.3, 0.4) is 0 Å². The molecule has 0 bridgehead atoms. The van der Waals surface area contributed by atoms with Crippen LogP contribution in [0.5, 0.6) is 5.75 Å². The Morgan fingerprint density at radius 1 is 1.08 bits per heavy atom. The van der Waals surface area contributed by atoms with Crippen LogP contribution in [0.25, 0.3) is 0 Å². The van der Waals surface area contributed by atoms with E-state index < -0.39 is 23.8 Å². The van der Waals surface area contributed by atoms with Crippen molar-refractivity contribution in [3.8, 4) is 5.75 Å². The number of hydrogen-bond donors (Lipinski definition) is 3. The number of aromatic hydroxyl groups is 1. The molecular weight excluding hydrogens is 342 g/mol. The van der Waals surface area contributed by atoms with Crippen molar-refractivity contribution in [2.24, 2.45) is 0 Å². The zero-order valence-electron chi connectivity index (χ0n) is 13.3. The number of nitro benzene ring substituents is 1. The smallest absolute Gasteiger partial charge is 0.488 e. The summed E-state index contributed by atoms with van der Waals surface area (Å²) in [6.07, 6.45) is -4.45. The summed E-state index contributed by atoms with van der Waals surface area (Å²) in [5.74, 6) is 0.0955. The second-order valence-electron chi connectivity index (χ2n) is 5.18. The zero-order chi connectivity index (χ0) is 19.4. The van der Waals surface area contributed by atoms with Crippen molar-refractivity contribution < 1.29 is 33.2 Å². The van der Waals surface area contributed by atoms with E-state index in [1.165, 1.54) is 18.2 Å². The molecule has 2 rings (SSSR count). The number of alkyl halides is 3. The number of nitrogens with zero attached hydrogens (tertiary/aromatic N) is 1. The lowest BCUT2D eigenvalue weighted by Crippen LogP contribution is -2.30. The van der Waals surface area contributed by atoms with E-state index in [9.17, 15) is 28.4 Å². The Kier molecular flexibility index (Phi) is 6.54. The van der Waals surface area contributed by atoms with Crippen LogP contribution in [0, 0.1) is 24.0 Å². The summed E-state index contributed by atoms with van der Waals surface area (Å²) in [4.78, 5) is 9.95. The quantitative estimate of drug-likeness (QED) is 0.435. The molecule has 0 aliphatic carbocycles. The number of nitro groups is 1. The number of hydrogen-bond acceptors (Lipinski definition) is 5. The van der Waals surface area contributed by atoms with Crippen molar-refractivity contribution >= 4 is 18.3 Å². The molecule has 0 atom stereocenters. The number of halogens is 3. The molecule has 25 heavy (non-hydrogen) atoms. The van der Waals surface area contributed by atoms with Gasteiger partial charge in [-0.2, -0.15) is 13.2 Å². The first kappa shape index (κ1) is 20.5. The summed E-state index contributed by atoms with van der Waals surface area (Å²) in [6, 6.07) is 6.66. The number of aryl methyl sites for hydroxylation is 2. The van der Waals surface area contributed by atoms with E-state index in [0.717, 1.165) is 12.1 Å². The van der Waals surface area contributed by atoms with E-state index in [-0.39, 0.29) is 16.9 Å². The maximum atomic E-state index is 12.1. The molecule has 0 saturated heterocycles. The normalized spacial score (nSPS) is 10.7. The standard InChI is InChI=1S/C8H9NO3.C7H6BF3O2/c1-5-4-8(10)6(2)3-7(5)9(11)12;9-7(10,11)5-2-1-3-6(4-5)8(12)13/h3-4,10H,1-2H3;1-4,12-13H. The first-order valence-electron chi connectivity index (χ1n) is 6.91. The van der Waals surface area contributed by atoms with Crippen molar-refractivity contribution in [3.05, 3.63) is 63.2 Å². The third kappa shape index (κ3) is 5.77. The molecule has 3 N–H and O–H groups in total. The molecule has 0 saturated carbocycles. The molecular formula is C15H15BF3NO5. The Balaban J connectivity index is 0.000000251. The molecule has 0 unspecified atom stereocenters. The molecule has 0 aliphatic heterocycles. The molecule has 0 aromatic heterocycles. The number of rotatable bonds is 2. The summed E-state index contributed by atoms with van der Waals surface area (Å²) in [7, 11) is -1.87. The Labute approximate surface area is 141 Å². The van der Waals surface area contributed by atoms with Gasteiger partial charge in [-0.05, 0) is 30.9 Å². The third-order valence-electron chi connectivity index (χ3n) is 3.22.